The molecule has 1 aromatic rings. The Morgan fingerprint density at radius 2 is 2.50 bits per heavy atom. The van der Waals surface area contributed by atoms with Gasteiger partial charge in [-0.1, -0.05) is 0 Å². The van der Waals surface area contributed by atoms with Gasteiger partial charge in [0.15, 0.2) is 5.06 Å². The van der Waals surface area contributed by atoms with Crippen LogP contribution in [0.3, 0.4) is 0 Å². The van der Waals surface area contributed by atoms with Crippen LogP contribution in [0.15, 0.2) is 17.5 Å². The van der Waals surface area contributed by atoms with Crippen LogP contribution in [0, 0.1) is 6.92 Å². The van der Waals surface area contributed by atoms with Crippen molar-refractivity contribution < 1.29 is 4.74 Å². The van der Waals surface area contributed by atoms with Gasteiger partial charge in [-0.2, -0.15) is 0 Å². The predicted molar refractivity (Wildman–Crippen MR) is 52.7 cm³/mol. The van der Waals surface area contributed by atoms with Crippen molar-refractivity contribution in [2.75, 3.05) is 19.7 Å². The summed E-state index contributed by atoms with van der Waals surface area (Å²) in [6.07, 6.45) is 1.04. The lowest BCUT2D eigenvalue weighted by Gasteiger charge is -2.02. The molecule has 0 amide bonds. The van der Waals surface area contributed by atoms with Gasteiger partial charge >= 0.3 is 0 Å². The van der Waals surface area contributed by atoms with Crippen LogP contribution < -0.4 is 10.1 Å². The molecular weight excluding hydrogens is 170 g/mol. The van der Waals surface area contributed by atoms with Gasteiger partial charge in [0.2, 0.25) is 0 Å². The van der Waals surface area contributed by atoms with Gasteiger partial charge < -0.3 is 10.1 Å². The van der Waals surface area contributed by atoms with E-state index in [-0.39, 0.29) is 0 Å². The van der Waals surface area contributed by atoms with Gasteiger partial charge in [-0.25, -0.2) is 0 Å². The first kappa shape index (κ1) is 9.55. The zero-order chi connectivity index (χ0) is 8.65. The van der Waals surface area contributed by atoms with Gasteiger partial charge in [-0.05, 0) is 43.9 Å². The molecule has 2 nitrogen and oxygen atoms in total. The standard InChI is InChI=1S/C9H14NOS/c1-2-10-6-4-7-11-9-5-3-8-12-9/h3,5,8,10H,1-2,4,6-7H2. The molecule has 1 radical (unpaired) electrons. The highest BCUT2D eigenvalue weighted by atomic mass is 32.1. The second-order valence-corrected chi connectivity index (χ2v) is 3.29. The van der Waals surface area contributed by atoms with E-state index in [0.29, 0.717) is 0 Å². The minimum atomic E-state index is 0.785. The van der Waals surface area contributed by atoms with Crippen LogP contribution >= 0.6 is 11.3 Å². The summed E-state index contributed by atoms with van der Waals surface area (Å²) in [4.78, 5) is 0. The van der Waals surface area contributed by atoms with Crippen molar-refractivity contribution >= 4 is 11.3 Å². The second-order valence-electron chi connectivity index (χ2n) is 2.38. The topological polar surface area (TPSA) is 21.3 Å². The van der Waals surface area contributed by atoms with Crippen molar-refractivity contribution in [3.63, 3.8) is 0 Å². The Kier molecular flexibility index (Phi) is 4.80. The number of nitrogens with one attached hydrogen (secondary N) is 1. The first-order chi connectivity index (χ1) is 5.93. The first-order valence-electron chi connectivity index (χ1n) is 4.10. The molecule has 3 heteroatoms. The Morgan fingerprint density at radius 3 is 3.17 bits per heavy atom. The summed E-state index contributed by atoms with van der Waals surface area (Å²) in [5.41, 5.74) is 0. The number of hydrogen-bond acceptors (Lipinski definition) is 3. The molecular formula is C9H14NOS. The van der Waals surface area contributed by atoms with Gasteiger partial charge in [-0.3, -0.25) is 0 Å². The zero-order valence-corrected chi connectivity index (χ0v) is 7.90. The smallest absolute Gasteiger partial charge is 0.173 e. The summed E-state index contributed by atoms with van der Waals surface area (Å²) in [7, 11) is 0. The molecule has 0 saturated carbocycles. The van der Waals surface area contributed by atoms with E-state index in [1.54, 1.807) is 11.3 Å². The summed E-state index contributed by atoms with van der Waals surface area (Å²) in [5, 5.41) is 6.16. The van der Waals surface area contributed by atoms with Crippen LogP contribution in [0.4, 0.5) is 0 Å². The van der Waals surface area contributed by atoms with Crippen molar-refractivity contribution in [1.82, 2.24) is 5.32 Å². The van der Waals surface area contributed by atoms with Gasteiger partial charge in [0.25, 0.3) is 0 Å². The molecule has 0 aliphatic rings. The maximum absolute atomic E-state index is 5.45. The van der Waals surface area contributed by atoms with Crippen molar-refractivity contribution in [3.05, 3.63) is 24.4 Å². The predicted octanol–water partition coefficient (Wildman–Crippen LogP) is 1.94. The Morgan fingerprint density at radius 1 is 1.58 bits per heavy atom. The minimum absolute atomic E-state index is 0.785. The molecule has 12 heavy (non-hydrogen) atoms. The third-order valence-corrected chi connectivity index (χ3v) is 2.19. The van der Waals surface area contributed by atoms with E-state index in [0.717, 1.165) is 31.2 Å². The third-order valence-electron chi connectivity index (χ3n) is 1.41. The second kappa shape index (κ2) is 6.03. The summed E-state index contributed by atoms with van der Waals surface area (Å²) in [6.45, 7) is 6.24. The molecule has 0 aliphatic carbocycles. The fraction of sp³-hybridized carbons (Fsp3) is 0.444. The van der Waals surface area contributed by atoms with Crippen LogP contribution in [0.1, 0.15) is 6.42 Å². The molecule has 1 N–H and O–H groups in total. The Labute approximate surface area is 77.6 Å². The molecule has 1 heterocycles. The highest BCUT2D eigenvalue weighted by Gasteiger charge is 1.92. The van der Waals surface area contributed by atoms with Gasteiger partial charge in [0, 0.05) is 0 Å². The monoisotopic (exact) mass is 184 g/mol. The van der Waals surface area contributed by atoms with Crippen molar-refractivity contribution in [2.45, 2.75) is 6.42 Å². The molecule has 0 unspecified atom stereocenters. The fourth-order valence-corrected chi connectivity index (χ4v) is 1.44. The van der Waals surface area contributed by atoms with Crippen LogP contribution in [0.25, 0.3) is 0 Å². The van der Waals surface area contributed by atoms with Gasteiger partial charge in [0.1, 0.15) is 0 Å². The Balaban J connectivity index is 1.96. The molecule has 0 atom stereocenters. The number of hydrogen-bond donors (Lipinski definition) is 1. The van der Waals surface area contributed by atoms with Crippen LogP contribution in [0.5, 0.6) is 5.06 Å². The van der Waals surface area contributed by atoms with Crippen LogP contribution in [-0.4, -0.2) is 19.7 Å². The number of thiophene rings is 1. The van der Waals surface area contributed by atoms with Crippen molar-refractivity contribution in [1.29, 1.82) is 0 Å². The highest BCUT2D eigenvalue weighted by Crippen LogP contribution is 2.17. The van der Waals surface area contributed by atoms with Crippen molar-refractivity contribution in [3.8, 4) is 5.06 Å². The Hall–Kier alpha value is -0.540. The van der Waals surface area contributed by atoms with E-state index in [2.05, 4.69) is 12.2 Å². The van der Waals surface area contributed by atoms with Crippen molar-refractivity contribution in [2.24, 2.45) is 0 Å². The van der Waals surface area contributed by atoms with E-state index < -0.39 is 0 Å². The van der Waals surface area contributed by atoms with E-state index >= 15 is 0 Å². The largest absolute Gasteiger partial charge is 0.484 e. The van der Waals surface area contributed by atoms with Gasteiger partial charge in [-0.15, -0.1) is 11.3 Å². The molecule has 1 rings (SSSR count). The lowest BCUT2D eigenvalue weighted by Crippen LogP contribution is -2.16. The summed E-state index contributed by atoms with van der Waals surface area (Å²) in [6, 6.07) is 3.98. The highest BCUT2D eigenvalue weighted by molar-refractivity contribution is 7.11. The number of ether oxygens (including phenoxy) is 1. The molecule has 67 valence electrons. The summed E-state index contributed by atoms with van der Waals surface area (Å²) < 4.78 is 5.45. The van der Waals surface area contributed by atoms with Crippen LogP contribution in [-0.2, 0) is 0 Å². The zero-order valence-electron chi connectivity index (χ0n) is 7.08. The lowest BCUT2D eigenvalue weighted by molar-refractivity contribution is 0.318. The average molecular weight is 184 g/mol. The third kappa shape index (κ3) is 3.74. The average Bonchev–Trinajstić information content (AvgIpc) is 2.57. The molecule has 0 spiro atoms. The normalized spacial score (nSPS) is 10.1. The molecule has 0 aromatic carbocycles. The first-order valence-corrected chi connectivity index (χ1v) is 4.97. The van der Waals surface area contributed by atoms with Gasteiger partial charge in [0.05, 0.1) is 6.61 Å². The molecule has 0 aliphatic heterocycles. The molecule has 0 fully saturated rings. The quantitative estimate of drug-likeness (QED) is 0.682. The maximum Gasteiger partial charge on any atom is 0.173 e. The summed E-state index contributed by atoms with van der Waals surface area (Å²) in [5.74, 6) is 0. The van der Waals surface area contributed by atoms with E-state index in [1.165, 1.54) is 0 Å². The minimum Gasteiger partial charge on any atom is -0.484 e. The molecule has 0 bridgehead atoms. The SMILES string of the molecule is [CH2]CNCCCOc1cccs1. The van der Waals surface area contributed by atoms with Crippen LogP contribution in [0.2, 0.25) is 0 Å². The van der Waals surface area contributed by atoms with E-state index in [1.807, 2.05) is 17.5 Å². The lowest BCUT2D eigenvalue weighted by atomic mass is 10.4. The van der Waals surface area contributed by atoms with E-state index in [9.17, 15) is 0 Å². The fourth-order valence-electron chi connectivity index (χ4n) is 0.841. The molecule has 1 aromatic heterocycles. The number of rotatable bonds is 6. The maximum atomic E-state index is 5.45. The Bertz CT molecular complexity index is 186. The summed E-state index contributed by atoms with van der Waals surface area (Å²) >= 11 is 1.63. The van der Waals surface area contributed by atoms with E-state index in [4.69, 9.17) is 4.74 Å². The molecule has 0 saturated heterocycles.